The van der Waals surface area contributed by atoms with Crippen LogP contribution in [0.4, 0.5) is 5.69 Å². The lowest BCUT2D eigenvalue weighted by Crippen LogP contribution is -2.23. The number of nitrogens with zero attached hydrogens (tertiary/aromatic N) is 3. The maximum atomic E-state index is 11.5. The van der Waals surface area contributed by atoms with E-state index in [-0.39, 0.29) is 5.91 Å². The molecule has 1 aromatic rings. The fraction of sp³-hybridized carbons (Fsp3) is 0.500. The van der Waals surface area contributed by atoms with E-state index >= 15 is 0 Å². The second-order valence-electron chi connectivity index (χ2n) is 2.99. The zero-order valence-electron chi connectivity index (χ0n) is 8.11. The topological polar surface area (TPSA) is 64.2 Å². The van der Waals surface area contributed by atoms with E-state index < -0.39 is 0 Å². The Labute approximate surface area is 77.1 Å². The molecule has 72 valence electrons. The molecule has 0 radical (unpaired) electrons. The number of rotatable bonds is 2. The number of hydrogen-bond acceptors (Lipinski definition) is 3. The van der Waals surface area contributed by atoms with E-state index in [1.807, 2.05) is 6.92 Å². The van der Waals surface area contributed by atoms with Crippen LogP contribution in [-0.2, 0) is 6.54 Å². The van der Waals surface area contributed by atoms with Crippen molar-refractivity contribution in [3.63, 3.8) is 0 Å². The summed E-state index contributed by atoms with van der Waals surface area (Å²) in [5, 5.41) is 4.05. The molecule has 0 aromatic carbocycles. The van der Waals surface area contributed by atoms with Gasteiger partial charge in [0.25, 0.3) is 5.91 Å². The molecule has 5 nitrogen and oxygen atoms in total. The van der Waals surface area contributed by atoms with Gasteiger partial charge in [0, 0.05) is 26.8 Å². The summed E-state index contributed by atoms with van der Waals surface area (Å²) in [6.45, 7) is 2.65. The summed E-state index contributed by atoms with van der Waals surface area (Å²) in [6.07, 6.45) is 1.66. The predicted molar refractivity (Wildman–Crippen MR) is 50.3 cm³/mol. The Hall–Kier alpha value is -1.52. The van der Waals surface area contributed by atoms with Gasteiger partial charge >= 0.3 is 0 Å². The molecule has 1 amide bonds. The summed E-state index contributed by atoms with van der Waals surface area (Å²) in [4.78, 5) is 12.9. The van der Waals surface area contributed by atoms with Crippen LogP contribution < -0.4 is 5.73 Å². The van der Waals surface area contributed by atoms with E-state index in [1.54, 1.807) is 25.0 Å². The molecular weight excluding hydrogens is 168 g/mol. The van der Waals surface area contributed by atoms with E-state index in [9.17, 15) is 4.79 Å². The van der Waals surface area contributed by atoms with Gasteiger partial charge in [0.2, 0.25) is 0 Å². The highest BCUT2D eigenvalue weighted by Crippen LogP contribution is 2.10. The van der Waals surface area contributed by atoms with Gasteiger partial charge in [-0.15, -0.1) is 0 Å². The van der Waals surface area contributed by atoms with Crippen LogP contribution in [0.1, 0.15) is 17.4 Å². The van der Waals surface area contributed by atoms with Crippen molar-refractivity contribution in [1.29, 1.82) is 0 Å². The van der Waals surface area contributed by atoms with Crippen molar-refractivity contribution in [2.24, 2.45) is 0 Å². The summed E-state index contributed by atoms with van der Waals surface area (Å²) < 4.78 is 1.64. The number of anilines is 1. The smallest absolute Gasteiger partial charge is 0.275 e. The third-order valence-electron chi connectivity index (χ3n) is 1.72. The lowest BCUT2D eigenvalue weighted by molar-refractivity contribution is 0.0822. The Morgan fingerprint density at radius 1 is 1.69 bits per heavy atom. The van der Waals surface area contributed by atoms with Gasteiger partial charge in [-0.3, -0.25) is 9.48 Å². The van der Waals surface area contributed by atoms with Crippen LogP contribution in [0.25, 0.3) is 0 Å². The monoisotopic (exact) mass is 182 g/mol. The third-order valence-corrected chi connectivity index (χ3v) is 1.72. The molecule has 1 heterocycles. The number of carbonyl (C=O) groups is 1. The normalized spacial score (nSPS) is 10.1. The first-order chi connectivity index (χ1) is 6.06. The van der Waals surface area contributed by atoms with Gasteiger partial charge in [-0.2, -0.15) is 5.10 Å². The molecule has 0 spiro atoms. The van der Waals surface area contributed by atoms with Gasteiger partial charge < -0.3 is 10.6 Å². The Morgan fingerprint density at radius 3 is 2.69 bits per heavy atom. The number of nitrogens with two attached hydrogens (primary N) is 1. The maximum absolute atomic E-state index is 11.5. The number of hydrogen-bond donors (Lipinski definition) is 1. The Kier molecular flexibility index (Phi) is 2.55. The standard InChI is InChI=1S/C8H14N4O/c1-4-12-5-6(9)7(10-12)8(13)11(2)3/h5H,4,9H2,1-3H3. The minimum absolute atomic E-state index is 0.162. The molecule has 0 fully saturated rings. The van der Waals surface area contributed by atoms with Gasteiger partial charge in [0.15, 0.2) is 5.69 Å². The van der Waals surface area contributed by atoms with Crippen molar-refractivity contribution < 1.29 is 4.79 Å². The summed E-state index contributed by atoms with van der Waals surface area (Å²) in [5.41, 5.74) is 6.38. The molecule has 0 saturated carbocycles. The van der Waals surface area contributed by atoms with Crippen molar-refractivity contribution in [1.82, 2.24) is 14.7 Å². The quantitative estimate of drug-likeness (QED) is 0.710. The molecule has 0 aliphatic rings. The molecule has 0 saturated heterocycles. The SMILES string of the molecule is CCn1cc(N)c(C(=O)N(C)C)n1. The number of nitrogen functional groups attached to an aromatic ring is 1. The summed E-state index contributed by atoms with van der Waals surface area (Å²) in [7, 11) is 3.35. The van der Waals surface area contributed by atoms with Crippen molar-refractivity contribution in [3.8, 4) is 0 Å². The number of aromatic nitrogens is 2. The van der Waals surface area contributed by atoms with E-state index in [0.717, 1.165) is 0 Å². The first-order valence-corrected chi connectivity index (χ1v) is 4.10. The second kappa shape index (κ2) is 3.47. The van der Waals surface area contributed by atoms with Crippen molar-refractivity contribution in [2.75, 3.05) is 19.8 Å². The molecule has 5 heteroatoms. The molecule has 2 N–H and O–H groups in total. The van der Waals surface area contributed by atoms with Crippen LogP contribution in [-0.4, -0.2) is 34.7 Å². The van der Waals surface area contributed by atoms with Gasteiger partial charge in [-0.05, 0) is 6.92 Å². The van der Waals surface area contributed by atoms with Gasteiger partial charge in [-0.25, -0.2) is 0 Å². The van der Waals surface area contributed by atoms with Crippen molar-refractivity contribution in [2.45, 2.75) is 13.5 Å². The van der Waals surface area contributed by atoms with Crippen LogP contribution in [0.15, 0.2) is 6.20 Å². The average molecular weight is 182 g/mol. The predicted octanol–water partition coefficient (Wildman–Crippen LogP) is 0.187. The Bertz CT molecular complexity index is 316. The zero-order chi connectivity index (χ0) is 10.0. The molecule has 1 rings (SSSR count). The Balaban J connectivity index is 3.00. The Morgan fingerprint density at radius 2 is 2.31 bits per heavy atom. The number of carbonyl (C=O) groups excluding carboxylic acids is 1. The first-order valence-electron chi connectivity index (χ1n) is 4.10. The van der Waals surface area contributed by atoms with E-state index in [0.29, 0.717) is 17.9 Å². The van der Waals surface area contributed by atoms with Gasteiger partial charge in [0.05, 0.1) is 5.69 Å². The molecule has 1 aromatic heterocycles. The van der Waals surface area contributed by atoms with Crippen LogP contribution in [0, 0.1) is 0 Å². The van der Waals surface area contributed by atoms with Crippen LogP contribution in [0.2, 0.25) is 0 Å². The molecule has 0 aliphatic carbocycles. The fourth-order valence-corrected chi connectivity index (χ4v) is 0.977. The zero-order valence-corrected chi connectivity index (χ0v) is 8.11. The largest absolute Gasteiger partial charge is 0.396 e. The summed E-state index contributed by atoms with van der Waals surface area (Å²) in [5.74, 6) is -0.162. The van der Waals surface area contributed by atoms with Crippen LogP contribution in [0.3, 0.4) is 0 Å². The van der Waals surface area contributed by atoms with Crippen molar-refractivity contribution in [3.05, 3.63) is 11.9 Å². The van der Waals surface area contributed by atoms with Crippen LogP contribution >= 0.6 is 0 Å². The highest BCUT2D eigenvalue weighted by Gasteiger charge is 2.15. The summed E-state index contributed by atoms with van der Waals surface area (Å²) >= 11 is 0. The minimum atomic E-state index is -0.162. The lowest BCUT2D eigenvalue weighted by Gasteiger charge is -2.07. The second-order valence-corrected chi connectivity index (χ2v) is 2.99. The maximum Gasteiger partial charge on any atom is 0.275 e. The highest BCUT2D eigenvalue weighted by atomic mass is 16.2. The van der Waals surface area contributed by atoms with E-state index in [4.69, 9.17) is 5.73 Å². The van der Waals surface area contributed by atoms with Gasteiger partial charge in [0.1, 0.15) is 0 Å². The molecule has 13 heavy (non-hydrogen) atoms. The van der Waals surface area contributed by atoms with Crippen LogP contribution in [0.5, 0.6) is 0 Å². The van der Waals surface area contributed by atoms with Gasteiger partial charge in [-0.1, -0.05) is 0 Å². The molecule has 0 aliphatic heterocycles. The molecule has 0 bridgehead atoms. The molecule has 0 unspecified atom stereocenters. The first kappa shape index (κ1) is 9.57. The summed E-state index contributed by atoms with van der Waals surface area (Å²) in [6, 6.07) is 0. The van der Waals surface area contributed by atoms with Crippen molar-refractivity contribution >= 4 is 11.6 Å². The minimum Gasteiger partial charge on any atom is -0.396 e. The van der Waals surface area contributed by atoms with E-state index in [1.165, 1.54) is 4.90 Å². The number of aryl methyl sites for hydroxylation is 1. The number of amides is 1. The molecule has 0 atom stereocenters. The van der Waals surface area contributed by atoms with E-state index in [2.05, 4.69) is 5.10 Å². The molecular formula is C8H14N4O. The third kappa shape index (κ3) is 1.80. The fourth-order valence-electron chi connectivity index (χ4n) is 0.977. The highest BCUT2D eigenvalue weighted by molar-refractivity contribution is 5.96. The lowest BCUT2D eigenvalue weighted by atomic mass is 10.3. The average Bonchev–Trinajstić information content (AvgIpc) is 2.45.